The maximum Gasteiger partial charge on any atom is 0.0428 e. The predicted octanol–water partition coefficient (Wildman–Crippen LogP) is 1.17. The molecule has 0 spiro atoms. The van der Waals surface area contributed by atoms with Gasteiger partial charge in [-0.25, -0.2) is 0 Å². The van der Waals surface area contributed by atoms with Gasteiger partial charge < -0.3 is 14.9 Å². The van der Waals surface area contributed by atoms with E-state index in [9.17, 15) is 0 Å². The highest BCUT2D eigenvalue weighted by molar-refractivity contribution is 5.85. The van der Waals surface area contributed by atoms with Crippen LogP contribution in [0.1, 0.15) is 13.3 Å². The van der Waals surface area contributed by atoms with E-state index in [0.29, 0.717) is 6.61 Å². The number of hydrogen-bond acceptors (Lipinski definition) is 3. The molecule has 0 aliphatic rings. The van der Waals surface area contributed by atoms with Crippen LogP contribution in [0.5, 0.6) is 0 Å². The summed E-state index contributed by atoms with van der Waals surface area (Å²) < 4.78 is 0. The lowest BCUT2D eigenvalue weighted by Crippen LogP contribution is -1.99. The third-order valence-corrected chi connectivity index (χ3v) is 0.224. The SMILES string of the molecule is CCCO.CN(C)C.CN(C)C.Cl. The fraction of sp³-hybridized carbons (Fsp3) is 1.00. The lowest BCUT2D eigenvalue weighted by atomic mass is 10.5. The van der Waals surface area contributed by atoms with Crippen molar-refractivity contribution < 1.29 is 5.11 Å². The van der Waals surface area contributed by atoms with Crippen molar-refractivity contribution in [2.24, 2.45) is 0 Å². The first-order valence-electron chi connectivity index (χ1n) is 4.21. The highest BCUT2D eigenvalue weighted by Gasteiger charge is 1.58. The minimum atomic E-state index is 0. The van der Waals surface area contributed by atoms with Gasteiger partial charge in [0, 0.05) is 6.61 Å². The van der Waals surface area contributed by atoms with Crippen LogP contribution in [0.4, 0.5) is 0 Å². The lowest BCUT2D eigenvalue weighted by Gasteiger charge is -1.90. The van der Waals surface area contributed by atoms with Crippen LogP contribution in [0, 0.1) is 0 Å². The molecule has 0 saturated carbocycles. The van der Waals surface area contributed by atoms with E-state index in [2.05, 4.69) is 0 Å². The zero-order chi connectivity index (χ0) is 10.6. The molecule has 1 N–H and O–H groups in total. The average Bonchev–Trinajstić information content (AvgIpc) is 1.85. The Kier molecular flexibility index (Phi) is 40.6. The Morgan fingerprint density at radius 2 is 0.923 bits per heavy atom. The second-order valence-electron chi connectivity index (χ2n) is 3.41. The Bertz CT molecular complexity index is 48.1. The van der Waals surface area contributed by atoms with Crippen molar-refractivity contribution >= 4 is 12.4 Å². The molecule has 0 radical (unpaired) electrons. The third-order valence-electron chi connectivity index (χ3n) is 0.224. The molecule has 0 aromatic carbocycles. The Morgan fingerprint density at radius 1 is 0.846 bits per heavy atom. The van der Waals surface area contributed by atoms with Crippen molar-refractivity contribution in [1.82, 2.24) is 9.80 Å². The van der Waals surface area contributed by atoms with E-state index >= 15 is 0 Å². The van der Waals surface area contributed by atoms with E-state index in [1.807, 2.05) is 59.0 Å². The molecular weight excluding hydrogens is 188 g/mol. The van der Waals surface area contributed by atoms with Crippen LogP contribution in [0.15, 0.2) is 0 Å². The molecule has 0 aromatic heterocycles. The second kappa shape index (κ2) is 22.7. The number of nitrogens with zero attached hydrogens (tertiary/aromatic N) is 2. The number of halogens is 1. The molecule has 0 aliphatic heterocycles. The van der Waals surface area contributed by atoms with Gasteiger partial charge in [0.15, 0.2) is 0 Å². The van der Waals surface area contributed by atoms with Crippen molar-refractivity contribution in [3.63, 3.8) is 0 Å². The molecule has 3 nitrogen and oxygen atoms in total. The van der Waals surface area contributed by atoms with Crippen molar-refractivity contribution in [3.05, 3.63) is 0 Å². The van der Waals surface area contributed by atoms with Gasteiger partial charge in [-0.1, -0.05) is 6.92 Å². The van der Waals surface area contributed by atoms with Crippen LogP contribution in [-0.2, 0) is 0 Å². The summed E-state index contributed by atoms with van der Waals surface area (Å²) in [5.74, 6) is 0. The minimum absolute atomic E-state index is 0. The molecule has 86 valence electrons. The highest BCUT2D eigenvalue weighted by atomic mass is 35.5. The molecule has 0 amide bonds. The van der Waals surface area contributed by atoms with Crippen molar-refractivity contribution in [2.45, 2.75) is 13.3 Å². The molecule has 0 rings (SSSR count). The number of rotatable bonds is 1. The van der Waals surface area contributed by atoms with Gasteiger partial charge in [-0.15, -0.1) is 12.4 Å². The molecule has 13 heavy (non-hydrogen) atoms. The summed E-state index contributed by atoms with van der Waals surface area (Å²) in [5.41, 5.74) is 0. The van der Waals surface area contributed by atoms with Crippen LogP contribution in [0.25, 0.3) is 0 Å². The van der Waals surface area contributed by atoms with Gasteiger partial charge in [-0.3, -0.25) is 0 Å². The van der Waals surface area contributed by atoms with Gasteiger partial charge in [0.05, 0.1) is 0 Å². The second-order valence-corrected chi connectivity index (χ2v) is 3.41. The summed E-state index contributed by atoms with van der Waals surface area (Å²) in [7, 11) is 12.0. The highest BCUT2D eigenvalue weighted by Crippen LogP contribution is 1.61. The van der Waals surface area contributed by atoms with Crippen molar-refractivity contribution in [1.29, 1.82) is 0 Å². The number of hydrogen-bond donors (Lipinski definition) is 1. The molecule has 0 bridgehead atoms. The minimum Gasteiger partial charge on any atom is -0.396 e. The topological polar surface area (TPSA) is 26.7 Å². The fourth-order valence-electron chi connectivity index (χ4n) is 0. The smallest absolute Gasteiger partial charge is 0.0428 e. The van der Waals surface area contributed by atoms with E-state index in [0.717, 1.165) is 6.42 Å². The van der Waals surface area contributed by atoms with Gasteiger partial charge in [0.25, 0.3) is 0 Å². The molecular formula is C9H27ClN2O. The van der Waals surface area contributed by atoms with Crippen LogP contribution in [-0.4, -0.2) is 63.8 Å². The maximum atomic E-state index is 7.88. The average molecular weight is 215 g/mol. The van der Waals surface area contributed by atoms with Crippen molar-refractivity contribution in [3.8, 4) is 0 Å². The van der Waals surface area contributed by atoms with Crippen LogP contribution in [0.2, 0.25) is 0 Å². The normalized spacial score (nSPS) is 7.85. The van der Waals surface area contributed by atoms with E-state index in [1.165, 1.54) is 0 Å². The van der Waals surface area contributed by atoms with E-state index in [4.69, 9.17) is 5.11 Å². The summed E-state index contributed by atoms with van der Waals surface area (Å²) in [5, 5.41) is 7.88. The summed E-state index contributed by atoms with van der Waals surface area (Å²) in [6.45, 7) is 2.25. The Morgan fingerprint density at radius 3 is 0.923 bits per heavy atom. The van der Waals surface area contributed by atoms with Gasteiger partial charge in [0.2, 0.25) is 0 Å². The van der Waals surface area contributed by atoms with E-state index in [1.54, 1.807) is 0 Å². The molecule has 0 aliphatic carbocycles. The van der Waals surface area contributed by atoms with Gasteiger partial charge in [-0.2, -0.15) is 0 Å². The largest absolute Gasteiger partial charge is 0.396 e. The van der Waals surface area contributed by atoms with Gasteiger partial charge in [0.1, 0.15) is 0 Å². The summed E-state index contributed by atoms with van der Waals surface area (Å²) in [6.07, 6.45) is 0.875. The van der Waals surface area contributed by atoms with Crippen molar-refractivity contribution in [2.75, 3.05) is 48.9 Å². The first-order valence-corrected chi connectivity index (χ1v) is 4.21. The quantitative estimate of drug-likeness (QED) is 0.710. The molecule has 4 heteroatoms. The number of aliphatic hydroxyl groups excluding tert-OH is 1. The monoisotopic (exact) mass is 214 g/mol. The number of aliphatic hydroxyl groups is 1. The first-order chi connectivity index (χ1) is 5.38. The zero-order valence-corrected chi connectivity index (χ0v) is 11.0. The lowest BCUT2D eigenvalue weighted by molar-refractivity contribution is 0.295. The molecule has 0 unspecified atom stereocenters. The summed E-state index contributed by atoms with van der Waals surface area (Å²) in [4.78, 5) is 4.00. The summed E-state index contributed by atoms with van der Waals surface area (Å²) in [6, 6.07) is 0. The zero-order valence-electron chi connectivity index (χ0n) is 10.2. The van der Waals surface area contributed by atoms with E-state index < -0.39 is 0 Å². The summed E-state index contributed by atoms with van der Waals surface area (Å²) >= 11 is 0. The Balaban J connectivity index is -0.0000000450. The molecule has 0 atom stereocenters. The van der Waals surface area contributed by atoms with E-state index in [-0.39, 0.29) is 12.4 Å². The Labute approximate surface area is 90.1 Å². The van der Waals surface area contributed by atoms with Crippen LogP contribution < -0.4 is 0 Å². The fourth-order valence-corrected chi connectivity index (χ4v) is 0. The predicted molar refractivity (Wildman–Crippen MR) is 63.8 cm³/mol. The molecule has 0 heterocycles. The first kappa shape index (κ1) is 23.2. The maximum absolute atomic E-state index is 7.88. The Hall–Kier alpha value is 0.170. The molecule has 0 aromatic rings. The molecule has 0 saturated heterocycles. The third kappa shape index (κ3) is 920. The van der Waals surface area contributed by atoms with Crippen LogP contribution >= 0.6 is 12.4 Å². The van der Waals surface area contributed by atoms with Crippen LogP contribution in [0.3, 0.4) is 0 Å². The van der Waals surface area contributed by atoms with Gasteiger partial charge >= 0.3 is 0 Å². The standard InChI is InChI=1S/2C3H9N.C3H8O.ClH/c2*1-4(2)3;1-2-3-4;/h2*1-3H3;4H,2-3H2,1H3;1H. The molecule has 0 fully saturated rings. The van der Waals surface area contributed by atoms with Gasteiger partial charge in [-0.05, 0) is 48.7 Å².